The first-order chi connectivity index (χ1) is 25.6. The number of hydrogen-bond donors (Lipinski definition) is 0. The first-order valence-corrected chi connectivity index (χ1v) is 22.8. The van der Waals surface area contributed by atoms with Crippen molar-refractivity contribution in [2.24, 2.45) is 0 Å². The van der Waals surface area contributed by atoms with Gasteiger partial charge in [0, 0.05) is 20.2 Å². The van der Waals surface area contributed by atoms with E-state index in [4.69, 9.17) is 32.7 Å². The van der Waals surface area contributed by atoms with Crippen LogP contribution in [0.2, 0.25) is 10.0 Å². The Bertz CT molecular complexity index is 1610. The van der Waals surface area contributed by atoms with Gasteiger partial charge in [0.1, 0.15) is 11.5 Å². The lowest BCUT2D eigenvalue weighted by Gasteiger charge is -2.07. The second kappa shape index (κ2) is 22.9. The summed E-state index contributed by atoms with van der Waals surface area (Å²) in [5.74, 6) is 1.84. The minimum absolute atomic E-state index is 0.774. The van der Waals surface area contributed by atoms with Gasteiger partial charge in [0.25, 0.3) is 0 Å². The summed E-state index contributed by atoms with van der Waals surface area (Å²) in [5, 5.41) is 3.76. The molecule has 282 valence electrons. The van der Waals surface area contributed by atoms with Crippen LogP contribution < -0.4 is 9.47 Å². The van der Waals surface area contributed by atoms with Crippen molar-refractivity contribution in [2.75, 3.05) is 13.2 Å². The van der Waals surface area contributed by atoms with Crippen LogP contribution in [0, 0.1) is 0 Å². The third-order valence-corrected chi connectivity index (χ3v) is 13.6. The molecule has 0 atom stereocenters. The van der Waals surface area contributed by atoms with Crippen LogP contribution in [-0.2, 0) is 0 Å². The second-order valence-electron chi connectivity index (χ2n) is 14.4. The molecule has 0 aliphatic carbocycles. The largest absolute Gasteiger partial charge is 0.494 e. The molecule has 6 heteroatoms. The number of unbranched alkanes of at least 4 members (excludes halogenated alkanes) is 18. The average Bonchev–Trinajstić information content (AvgIpc) is 3.67. The van der Waals surface area contributed by atoms with E-state index in [1.807, 2.05) is 0 Å². The lowest BCUT2D eigenvalue weighted by atomic mass is 10.1. The fourth-order valence-electron chi connectivity index (χ4n) is 6.96. The molecule has 3 aromatic carbocycles. The molecule has 0 radical (unpaired) electrons. The predicted molar refractivity (Wildman–Crippen MR) is 233 cm³/mol. The molecule has 5 rings (SSSR count). The van der Waals surface area contributed by atoms with Crippen molar-refractivity contribution in [3.8, 4) is 32.4 Å². The maximum Gasteiger partial charge on any atom is 0.119 e. The molecule has 0 bridgehead atoms. The molecule has 0 saturated heterocycles. The average molecular weight is 780 g/mol. The molecular formula is C46H60Cl2O2S2. The number of fused-ring (bicyclic) bond motifs is 2. The van der Waals surface area contributed by atoms with Crippen molar-refractivity contribution in [1.29, 1.82) is 0 Å². The van der Waals surface area contributed by atoms with E-state index in [9.17, 15) is 0 Å². The highest BCUT2D eigenvalue weighted by Crippen LogP contribution is 2.48. The van der Waals surface area contributed by atoms with Crippen LogP contribution in [-0.4, -0.2) is 13.2 Å². The Morgan fingerprint density at radius 3 is 1.06 bits per heavy atom. The minimum Gasteiger partial charge on any atom is -0.494 e. The molecule has 2 heterocycles. The fourth-order valence-corrected chi connectivity index (χ4v) is 10.1. The topological polar surface area (TPSA) is 18.5 Å². The van der Waals surface area contributed by atoms with Gasteiger partial charge in [0.05, 0.1) is 33.0 Å². The van der Waals surface area contributed by atoms with Crippen LogP contribution in [0.25, 0.3) is 41.1 Å². The van der Waals surface area contributed by atoms with Gasteiger partial charge in [-0.15, -0.1) is 22.7 Å². The van der Waals surface area contributed by atoms with Gasteiger partial charge in [-0.3, -0.25) is 0 Å². The zero-order chi connectivity index (χ0) is 36.4. The van der Waals surface area contributed by atoms with Crippen molar-refractivity contribution in [2.45, 2.75) is 142 Å². The molecule has 0 unspecified atom stereocenters. The molecule has 0 fully saturated rings. The zero-order valence-electron chi connectivity index (χ0n) is 31.7. The Balaban J connectivity index is 1.08. The van der Waals surface area contributed by atoms with Crippen LogP contribution in [0.15, 0.2) is 60.7 Å². The standard InChI is InChI=1S/C46H60Cl2O2S2/c1-3-5-7-9-11-13-15-17-19-21-31-49-37-27-23-35(24-28-37)45-43(47)39-33-42-40(34-41(39)51-45)44(48)46(52-42)36-25-29-38(30-26-36)50-32-22-20-18-16-14-12-10-8-6-4-2/h23-30,33-34H,3-22,31-32H2,1-2H3. The van der Waals surface area contributed by atoms with E-state index in [-0.39, 0.29) is 0 Å². The van der Waals surface area contributed by atoms with E-state index in [1.165, 1.54) is 116 Å². The molecule has 0 saturated carbocycles. The third kappa shape index (κ3) is 12.4. The molecule has 2 nitrogen and oxygen atoms in total. The fraction of sp³-hybridized carbons (Fsp3) is 0.522. The van der Waals surface area contributed by atoms with E-state index in [2.05, 4.69) is 74.5 Å². The lowest BCUT2D eigenvalue weighted by Crippen LogP contribution is -1.97. The number of thiophene rings is 2. The Hall–Kier alpha value is -2.24. The molecule has 0 amide bonds. The van der Waals surface area contributed by atoms with Crippen LogP contribution >= 0.6 is 45.9 Å². The first kappa shape index (κ1) is 40.9. The summed E-state index contributed by atoms with van der Waals surface area (Å²) < 4.78 is 14.4. The van der Waals surface area contributed by atoms with Crippen LogP contribution in [0.3, 0.4) is 0 Å². The summed E-state index contributed by atoms with van der Waals surface area (Å²) in [5.41, 5.74) is 2.23. The number of rotatable bonds is 26. The van der Waals surface area contributed by atoms with E-state index in [1.54, 1.807) is 22.7 Å². The zero-order valence-corrected chi connectivity index (χ0v) is 34.9. The predicted octanol–water partition coefficient (Wildman–Crippen LogP) is 17.4. The molecule has 0 aliphatic rings. The molecule has 2 aromatic heterocycles. The van der Waals surface area contributed by atoms with Gasteiger partial charge in [-0.05, 0) is 84.6 Å². The van der Waals surface area contributed by atoms with E-state index in [0.717, 1.165) is 88.7 Å². The summed E-state index contributed by atoms with van der Waals surface area (Å²) in [6.45, 7) is 6.10. The van der Waals surface area contributed by atoms with Crippen LogP contribution in [0.4, 0.5) is 0 Å². The van der Waals surface area contributed by atoms with Gasteiger partial charge in [-0.1, -0.05) is 153 Å². The van der Waals surface area contributed by atoms with Gasteiger partial charge in [-0.2, -0.15) is 0 Å². The summed E-state index contributed by atoms with van der Waals surface area (Å²) in [6, 6.07) is 21.2. The van der Waals surface area contributed by atoms with Gasteiger partial charge in [-0.25, -0.2) is 0 Å². The van der Waals surface area contributed by atoms with Crippen LogP contribution in [0.1, 0.15) is 142 Å². The second-order valence-corrected chi connectivity index (χ2v) is 17.3. The maximum atomic E-state index is 7.04. The smallest absolute Gasteiger partial charge is 0.119 e. The molecule has 5 aromatic rings. The van der Waals surface area contributed by atoms with E-state index in [0.29, 0.717) is 0 Å². The van der Waals surface area contributed by atoms with Crippen molar-refractivity contribution >= 4 is 66.0 Å². The lowest BCUT2D eigenvalue weighted by molar-refractivity contribution is 0.304. The quantitative estimate of drug-likeness (QED) is 0.0521. The number of halogens is 2. The summed E-state index contributed by atoms with van der Waals surface area (Å²) in [6.07, 6.45) is 26.6. The molecule has 0 aliphatic heterocycles. The number of benzene rings is 3. The van der Waals surface area contributed by atoms with Crippen molar-refractivity contribution < 1.29 is 9.47 Å². The summed E-state index contributed by atoms with van der Waals surface area (Å²) >= 11 is 17.5. The van der Waals surface area contributed by atoms with Crippen molar-refractivity contribution in [3.05, 3.63) is 70.7 Å². The first-order valence-electron chi connectivity index (χ1n) is 20.4. The normalized spacial score (nSPS) is 11.6. The van der Waals surface area contributed by atoms with Crippen molar-refractivity contribution in [3.63, 3.8) is 0 Å². The Morgan fingerprint density at radius 1 is 0.423 bits per heavy atom. The Labute approximate surface area is 332 Å². The maximum absolute atomic E-state index is 7.04. The Morgan fingerprint density at radius 2 is 0.731 bits per heavy atom. The van der Waals surface area contributed by atoms with Crippen molar-refractivity contribution in [1.82, 2.24) is 0 Å². The minimum atomic E-state index is 0.774. The highest BCUT2D eigenvalue weighted by molar-refractivity contribution is 7.24. The monoisotopic (exact) mass is 778 g/mol. The Kier molecular flexibility index (Phi) is 18.0. The van der Waals surface area contributed by atoms with E-state index < -0.39 is 0 Å². The highest BCUT2D eigenvalue weighted by atomic mass is 35.5. The van der Waals surface area contributed by atoms with Gasteiger partial charge in [0.2, 0.25) is 0 Å². The highest BCUT2D eigenvalue weighted by Gasteiger charge is 2.18. The molecule has 52 heavy (non-hydrogen) atoms. The number of ether oxygens (including phenoxy) is 2. The van der Waals surface area contributed by atoms with Gasteiger partial charge >= 0.3 is 0 Å². The van der Waals surface area contributed by atoms with Gasteiger partial charge < -0.3 is 9.47 Å². The van der Waals surface area contributed by atoms with Gasteiger partial charge in [0.15, 0.2) is 0 Å². The molecule has 0 N–H and O–H groups in total. The molecular weight excluding hydrogens is 720 g/mol. The van der Waals surface area contributed by atoms with E-state index >= 15 is 0 Å². The number of hydrogen-bond acceptors (Lipinski definition) is 4. The SMILES string of the molecule is CCCCCCCCCCCCOc1ccc(-c2sc3cc4c(Cl)c(-c5ccc(OCCCCCCCCCCCC)cc5)sc4cc3c2Cl)cc1. The summed E-state index contributed by atoms with van der Waals surface area (Å²) in [4.78, 5) is 2.17. The summed E-state index contributed by atoms with van der Waals surface area (Å²) in [7, 11) is 0. The third-order valence-electron chi connectivity index (χ3n) is 10.1. The molecule has 0 spiro atoms. The van der Waals surface area contributed by atoms with Crippen LogP contribution in [0.5, 0.6) is 11.5 Å².